The van der Waals surface area contributed by atoms with Crippen molar-refractivity contribution >= 4 is 15.5 Å². The first-order valence-electron chi connectivity index (χ1n) is 6.91. The Morgan fingerprint density at radius 3 is 2.53 bits per heavy atom. The third-order valence-corrected chi connectivity index (χ3v) is 5.44. The molecule has 1 N–H and O–H groups in total. The van der Waals surface area contributed by atoms with Crippen LogP contribution in [0.1, 0.15) is 18.4 Å². The van der Waals surface area contributed by atoms with Crippen molar-refractivity contribution < 1.29 is 8.42 Å². The third-order valence-electron chi connectivity index (χ3n) is 3.84. The molecule has 1 saturated carbocycles. The van der Waals surface area contributed by atoms with E-state index in [0.717, 1.165) is 6.54 Å². The van der Waals surface area contributed by atoms with Gasteiger partial charge in [0.1, 0.15) is 0 Å². The van der Waals surface area contributed by atoms with Gasteiger partial charge in [0.25, 0.3) is 0 Å². The van der Waals surface area contributed by atoms with Gasteiger partial charge < -0.3 is 10.2 Å². The lowest BCUT2D eigenvalue weighted by molar-refractivity contribution is 0.586. The smallest absolute Gasteiger partial charge is 0.153 e. The lowest BCUT2D eigenvalue weighted by Crippen LogP contribution is -2.40. The Labute approximate surface area is 114 Å². The Hall–Kier alpha value is -1.07. The fourth-order valence-electron chi connectivity index (χ4n) is 2.46. The molecule has 1 saturated heterocycles. The largest absolute Gasteiger partial charge is 0.369 e. The molecule has 0 atom stereocenters. The number of benzene rings is 1. The third kappa shape index (κ3) is 3.28. The maximum Gasteiger partial charge on any atom is 0.153 e. The molecule has 1 aliphatic heterocycles. The molecule has 104 valence electrons. The number of hydrogen-bond donors (Lipinski definition) is 1. The minimum atomic E-state index is -2.81. The SMILES string of the molecule is O=S1(=O)CCN(c2ccccc2CNC2CC2)CC1. The van der Waals surface area contributed by atoms with Gasteiger partial charge in [0.2, 0.25) is 0 Å². The van der Waals surface area contributed by atoms with Crippen LogP contribution < -0.4 is 10.2 Å². The van der Waals surface area contributed by atoms with Crippen LogP contribution in [0.2, 0.25) is 0 Å². The topological polar surface area (TPSA) is 49.4 Å². The molecule has 1 heterocycles. The maximum absolute atomic E-state index is 11.5. The second-order valence-corrected chi connectivity index (χ2v) is 7.73. The van der Waals surface area contributed by atoms with Gasteiger partial charge in [-0.2, -0.15) is 0 Å². The molecule has 1 aromatic rings. The summed E-state index contributed by atoms with van der Waals surface area (Å²) in [7, 11) is -2.81. The number of sulfone groups is 1. The number of nitrogens with zero attached hydrogens (tertiary/aromatic N) is 1. The van der Waals surface area contributed by atoms with Gasteiger partial charge >= 0.3 is 0 Å². The van der Waals surface area contributed by atoms with Crippen molar-refractivity contribution in [3.63, 3.8) is 0 Å². The lowest BCUT2D eigenvalue weighted by atomic mass is 10.1. The molecule has 19 heavy (non-hydrogen) atoms. The summed E-state index contributed by atoms with van der Waals surface area (Å²) >= 11 is 0. The van der Waals surface area contributed by atoms with Crippen LogP contribution in [0.3, 0.4) is 0 Å². The summed E-state index contributed by atoms with van der Waals surface area (Å²) in [5.41, 5.74) is 2.46. The van der Waals surface area contributed by atoms with Gasteiger partial charge in [-0.1, -0.05) is 18.2 Å². The van der Waals surface area contributed by atoms with E-state index >= 15 is 0 Å². The van der Waals surface area contributed by atoms with E-state index in [1.54, 1.807) is 0 Å². The van der Waals surface area contributed by atoms with E-state index in [9.17, 15) is 8.42 Å². The first-order chi connectivity index (χ1) is 9.14. The van der Waals surface area contributed by atoms with Crippen LogP contribution in [0.5, 0.6) is 0 Å². The van der Waals surface area contributed by atoms with Crippen molar-refractivity contribution in [1.82, 2.24) is 5.32 Å². The molecule has 0 unspecified atom stereocenters. The molecule has 0 radical (unpaired) electrons. The van der Waals surface area contributed by atoms with Crippen molar-refractivity contribution in [3.05, 3.63) is 29.8 Å². The van der Waals surface area contributed by atoms with Gasteiger partial charge in [0.15, 0.2) is 9.84 Å². The number of anilines is 1. The average Bonchev–Trinajstić information content (AvgIpc) is 3.21. The van der Waals surface area contributed by atoms with E-state index in [-0.39, 0.29) is 11.5 Å². The monoisotopic (exact) mass is 280 g/mol. The highest BCUT2D eigenvalue weighted by atomic mass is 32.2. The zero-order valence-electron chi connectivity index (χ0n) is 11.0. The average molecular weight is 280 g/mol. The Kier molecular flexibility index (Phi) is 3.50. The summed E-state index contributed by atoms with van der Waals surface area (Å²) in [6, 6.07) is 9.00. The van der Waals surface area contributed by atoms with Crippen LogP contribution in [0.15, 0.2) is 24.3 Å². The molecular weight excluding hydrogens is 260 g/mol. The minimum absolute atomic E-state index is 0.275. The summed E-state index contributed by atoms with van der Waals surface area (Å²) in [6.07, 6.45) is 2.56. The van der Waals surface area contributed by atoms with Gasteiger partial charge in [0, 0.05) is 31.4 Å². The summed E-state index contributed by atoms with van der Waals surface area (Å²) in [6.45, 7) is 2.11. The summed E-state index contributed by atoms with van der Waals surface area (Å²) in [5, 5.41) is 3.52. The predicted octanol–water partition coefficient (Wildman–Crippen LogP) is 1.17. The minimum Gasteiger partial charge on any atom is -0.369 e. The molecule has 0 bridgehead atoms. The second kappa shape index (κ2) is 5.13. The molecule has 5 heteroatoms. The van der Waals surface area contributed by atoms with Crippen LogP contribution in [-0.2, 0) is 16.4 Å². The van der Waals surface area contributed by atoms with Crippen LogP contribution >= 0.6 is 0 Å². The number of para-hydroxylation sites is 1. The second-order valence-electron chi connectivity index (χ2n) is 5.42. The van der Waals surface area contributed by atoms with Gasteiger partial charge in [-0.25, -0.2) is 8.42 Å². The van der Waals surface area contributed by atoms with Crippen LogP contribution in [0.25, 0.3) is 0 Å². The zero-order valence-corrected chi connectivity index (χ0v) is 11.8. The van der Waals surface area contributed by atoms with Crippen molar-refractivity contribution in [2.45, 2.75) is 25.4 Å². The highest BCUT2D eigenvalue weighted by Gasteiger charge is 2.24. The number of nitrogens with one attached hydrogen (secondary N) is 1. The fourth-order valence-corrected chi connectivity index (χ4v) is 3.67. The van der Waals surface area contributed by atoms with Crippen LogP contribution in [0.4, 0.5) is 5.69 Å². The van der Waals surface area contributed by atoms with Gasteiger partial charge in [-0.3, -0.25) is 0 Å². The molecule has 1 aliphatic carbocycles. The molecule has 2 fully saturated rings. The predicted molar refractivity (Wildman–Crippen MR) is 77.2 cm³/mol. The van der Waals surface area contributed by atoms with Crippen molar-refractivity contribution in [2.75, 3.05) is 29.5 Å². The highest BCUT2D eigenvalue weighted by molar-refractivity contribution is 7.91. The Morgan fingerprint density at radius 1 is 1.16 bits per heavy atom. The maximum atomic E-state index is 11.5. The van der Waals surface area contributed by atoms with Crippen LogP contribution in [-0.4, -0.2) is 39.1 Å². The highest BCUT2D eigenvalue weighted by Crippen LogP contribution is 2.24. The Balaban J connectivity index is 1.72. The van der Waals surface area contributed by atoms with E-state index in [2.05, 4.69) is 22.3 Å². The molecule has 1 aromatic carbocycles. The Morgan fingerprint density at radius 2 is 1.84 bits per heavy atom. The van der Waals surface area contributed by atoms with Crippen molar-refractivity contribution in [3.8, 4) is 0 Å². The molecule has 0 amide bonds. The molecule has 2 aliphatic rings. The van der Waals surface area contributed by atoms with E-state index < -0.39 is 9.84 Å². The van der Waals surface area contributed by atoms with Crippen LogP contribution in [0, 0.1) is 0 Å². The first kappa shape index (κ1) is 12.9. The molecule has 4 nitrogen and oxygen atoms in total. The summed E-state index contributed by atoms with van der Waals surface area (Å²) in [4.78, 5) is 2.20. The van der Waals surface area contributed by atoms with Gasteiger partial charge in [-0.05, 0) is 24.5 Å². The fraction of sp³-hybridized carbons (Fsp3) is 0.571. The van der Waals surface area contributed by atoms with Crippen molar-refractivity contribution in [2.24, 2.45) is 0 Å². The first-order valence-corrected chi connectivity index (χ1v) is 8.73. The molecule has 0 aromatic heterocycles. The van der Waals surface area contributed by atoms with E-state index in [0.29, 0.717) is 19.1 Å². The normalized spacial score (nSPS) is 22.4. The Bertz CT molecular complexity index is 538. The molecule has 0 spiro atoms. The van der Waals surface area contributed by atoms with E-state index in [1.807, 2.05) is 12.1 Å². The summed E-state index contributed by atoms with van der Waals surface area (Å²) < 4.78 is 23.0. The lowest BCUT2D eigenvalue weighted by Gasteiger charge is -2.30. The quantitative estimate of drug-likeness (QED) is 0.899. The van der Waals surface area contributed by atoms with Gasteiger partial charge in [0.05, 0.1) is 11.5 Å². The number of rotatable bonds is 4. The van der Waals surface area contributed by atoms with Crippen molar-refractivity contribution in [1.29, 1.82) is 0 Å². The zero-order chi connectivity index (χ0) is 13.3. The number of hydrogen-bond acceptors (Lipinski definition) is 4. The van der Waals surface area contributed by atoms with Gasteiger partial charge in [-0.15, -0.1) is 0 Å². The van der Waals surface area contributed by atoms with E-state index in [4.69, 9.17) is 0 Å². The standard InChI is InChI=1S/C14H20N2O2S/c17-19(18)9-7-16(8-10-19)14-4-2-1-3-12(14)11-15-13-5-6-13/h1-4,13,15H,5-11H2. The van der Waals surface area contributed by atoms with E-state index in [1.165, 1.54) is 24.1 Å². The summed E-state index contributed by atoms with van der Waals surface area (Å²) in [5.74, 6) is 0.550. The molecule has 3 rings (SSSR count). The molecular formula is C14H20N2O2S.